The molecule has 2 aromatic rings. The molecule has 1 aromatic carbocycles. The minimum Gasteiger partial charge on any atom is -0.464 e. The molecule has 0 amide bonds. The van der Waals surface area contributed by atoms with Crippen LogP contribution in [0, 0.1) is 5.82 Å². The van der Waals surface area contributed by atoms with E-state index in [-0.39, 0.29) is 16.6 Å². The summed E-state index contributed by atoms with van der Waals surface area (Å²) in [4.78, 5) is 25.7. The highest BCUT2D eigenvalue weighted by molar-refractivity contribution is 9.10. The first-order valence-corrected chi connectivity index (χ1v) is 5.43. The van der Waals surface area contributed by atoms with Crippen molar-refractivity contribution in [2.45, 2.75) is 0 Å². The van der Waals surface area contributed by atoms with Crippen LogP contribution in [0.3, 0.4) is 0 Å². The van der Waals surface area contributed by atoms with E-state index in [0.717, 1.165) is 6.07 Å². The lowest BCUT2D eigenvalue weighted by molar-refractivity contribution is 0.0594. The lowest BCUT2D eigenvalue weighted by atomic mass is 10.2. The number of nitrogens with one attached hydrogen (secondary N) is 1. The van der Waals surface area contributed by atoms with Crippen LogP contribution in [0.2, 0.25) is 0 Å². The molecule has 0 aliphatic heterocycles. The third-order valence-corrected chi connectivity index (χ3v) is 2.95. The number of esters is 1. The van der Waals surface area contributed by atoms with Crippen LogP contribution in [-0.4, -0.2) is 18.1 Å². The van der Waals surface area contributed by atoms with Crippen LogP contribution in [-0.2, 0) is 4.74 Å². The standard InChI is InChI=1S/C11H7BrFNO3/c1-17-11(16)7-4-8(15)9-6(13)3-2-5(12)10(9)14-7/h2-4H,1H3,(H,14,15). The summed E-state index contributed by atoms with van der Waals surface area (Å²) in [5.74, 6) is -1.32. The van der Waals surface area contributed by atoms with Gasteiger partial charge in [0.2, 0.25) is 0 Å². The van der Waals surface area contributed by atoms with Crippen molar-refractivity contribution in [1.29, 1.82) is 0 Å². The van der Waals surface area contributed by atoms with E-state index in [9.17, 15) is 14.0 Å². The Balaban J connectivity index is 2.87. The van der Waals surface area contributed by atoms with Gasteiger partial charge in [0.15, 0.2) is 5.43 Å². The Morgan fingerprint density at radius 2 is 2.18 bits per heavy atom. The SMILES string of the molecule is COC(=O)c1cc(=O)c2c(F)ccc(Br)c2[nH]1. The third-order valence-electron chi connectivity index (χ3n) is 2.29. The van der Waals surface area contributed by atoms with Crippen LogP contribution in [0.25, 0.3) is 10.9 Å². The lowest BCUT2D eigenvalue weighted by Gasteiger charge is -2.05. The van der Waals surface area contributed by atoms with E-state index in [2.05, 4.69) is 25.7 Å². The van der Waals surface area contributed by atoms with E-state index in [1.807, 2.05) is 0 Å². The molecule has 0 spiro atoms. The summed E-state index contributed by atoms with van der Waals surface area (Å²) in [5, 5.41) is -0.0907. The quantitative estimate of drug-likeness (QED) is 0.822. The number of carbonyl (C=O) groups is 1. The second kappa shape index (κ2) is 4.29. The molecule has 0 aliphatic carbocycles. The van der Waals surface area contributed by atoms with Crippen LogP contribution in [0.15, 0.2) is 27.5 Å². The van der Waals surface area contributed by atoms with Gasteiger partial charge in [-0.05, 0) is 28.1 Å². The van der Waals surface area contributed by atoms with Crippen LogP contribution in [0.1, 0.15) is 10.5 Å². The molecule has 0 aliphatic rings. The van der Waals surface area contributed by atoms with Gasteiger partial charge in [-0.1, -0.05) is 0 Å². The maximum atomic E-state index is 13.5. The summed E-state index contributed by atoms with van der Waals surface area (Å²) < 4.78 is 18.5. The molecule has 0 fully saturated rings. The number of hydrogen-bond donors (Lipinski definition) is 1. The van der Waals surface area contributed by atoms with Crippen molar-refractivity contribution in [2.75, 3.05) is 7.11 Å². The van der Waals surface area contributed by atoms with E-state index < -0.39 is 17.2 Å². The molecule has 6 heteroatoms. The number of ether oxygens (including phenoxy) is 1. The Hall–Kier alpha value is -1.69. The topological polar surface area (TPSA) is 59.2 Å². The highest BCUT2D eigenvalue weighted by Gasteiger charge is 2.13. The fraction of sp³-hybridized carbons (Fsp3) is 0.0909. The third kappa shape index (κ3) is 1.95. The number of aromatic amines is 1. The first kappa shape index (κ1) is 11.8. The van der Waals surface area contributed by atoms with Crippen LogP contribution < -0.4 is 5.43 Å². The zero-order chi connectivity index (χ0) is 12.6. The largest absolute Gasteiger partial charge is 0.464 e. The zero-order valence-corrected chi connectivity index (χ0v) is 10.3. The van der Waals surface area contributed by atoms with E-state index in [1.54, 1.807) is 0 Å². The predicted octanol–water partition coefficient (Wildman–Crippen LogP) is 2.22. The number of fused-ring (bicyclic) bond motifs is 1. The molecule has 1 N–H and O–H groups in total. The van der Waals surface area contributed by atoms with Gasteiger partial charge >= 0.3 is 5.97 Å². The monoisotopic (exact) mass is 299 g/mol. The number of rotatable bonds is 1. The van der Waals surface area contributed by atoms with Crippen molar-refractivity contribution in [1.82, 2.24) is 4.98 Å². The summed E-state index contributed by atoms with van der Waals surface area (Å²) in [7, 11) is 1.20. The van der Waals surface area contributed by atoms with Crippen molar-refractivity contribution < 1.29 is 13.9 Å². The van der Waals surface area contributed by atoms with E-state index in [1.165, 1.54) is 19.2 Å². The summed E-state index contributed by atoms with van der Waals surface area (Å²) in [6.45, 7) is 0. The smallest absolute Gasteiger partial charge is 0.354 e. The lowest BCUT2D eigenvalue weighted by Crippen LogP contribution is -2.12. The average Bonchev–Trinajstić information content (AvgIpc) is 2.32. The molecule has 0 atom stereocenters. The number of carbonyl (C=O) groups excluding carboxylic acids is 1. The number of halogens is 2. The van der Waals surface area contributed by atoms with E-state index >= 15 is 0 Å². The van der Waals surface area contributed by atoms with Gasteiger partial charge in [0, 0.05) is 10.5 Å². The molecule has 0 saturated carbocycles. The first-order valence-electron chi connectivity index (χ1n) is 4.64. The van der Waals surface area contributed by atoms with Gasteiger partial charge in [-0.2, -0.15) is 0 Å². The molecule has 0 radical (unpaired) electrons. The molecular formula is C11H7BrFNO3. The Morgan fingerprint density at radius 3 is 2.82 bits per heavy atom. The van der Waals surface area contributed by atoms with Crippen molar-refractivity contribution >= 4 is 32.8 Å². The Kier molecular flexibility index (Phi) is 2.97. The van der Waals surface area contributed by atoms with Gasteiger partial charge in [-0.25, -0.2) is 9.18 Å². The van der Waals surface area contributed by atoms with Gasteiger partial charge in [0.25, 0.3) is 0 Å². The van der Waals surface area contributed by atoms with Gasteiger partial charge < -0.3 is 9.72 Å². The van der Waals surface area contributed by atoms with Crippen molar-refractivity contribution in [3.8, 4) is 0 Å². The molecule has 4 nitrogen and oxygen atoms in total. The Labute approximate surface area is 104 Å². The summed E-state index contributed by atoms with van der Waals surface area (Å²) in [6.07, 6.45) is 0. The van der Waals surface area contributed by atoms with Crippen molar-refractivity contribution in [2.24, 2.45) is 0 Å². The van der Waals surface area contributed by atoms with E-state index in [0.29, 0.717) is 4.47 Å². The second-order valence-corrected chi connectivity index (χ2v) is 4.17. The maximum Gasteiger partial charge on any atom is 0.354 e. The highest BCUT2D eigenvalue weighted by atomic mass is 79.9. The molecular weight excluding hydrogens is 293 g/mol. The zero-order valence-electron chi connectivity index (χ0n) is 8.71. The fourth-order valence-electron chi connectivity index (χ4n) is 1.51. The molecule has 0 bridgehead atoms. The van der Waals surface area contributed by atoms with Crippen molar-refractivity contribution in [3.63, 3.8) is 0 Å². The molecule has 1 heterocycles. The molecule has 17 heavy (non-hydrogen) atoms. The van der Waals surface area contributed by atoms with Crippen molar-refractivity contribution in [3.05, 3.63) is 44.4 Å². The summed E-state index contributed by atoms with van der Waals surface area (Å²) in [5.41, 5.74) is -0.354. The van der Waals surface area contributed by atoms with Gasteiger partial charge in [-0.3, -0.25) is 4.79 Å². The number of hydrogen-bond acceptors (Lipinski definition) is 3. The number of aromatic nitrogens is 1. The molecule has 1 aromatic heterocycles. The number of pyridine rings is 1. The van der Waals surface area contributed by atoms with E-state index in [4.69, 9.17) is 0 Å². The van der Waals surface area contributed by atoms with Crippen LogP contribution in [0.4, 0.5) is 4.39 Å². The molecule has 0 saturated heterocycles. The number of benzene rings is 1. The normalized spacial score (nSPS) is 10.5. The van der Waals surface area contributed by atoms with Crippen LogP contribution in [0.5, 0.6) is 0 Å². The summed E-state index contributed by atoms with van der Waals surface area (Å²) in [6, 6.07) is 3.65. The Morgan fingerprint density at radius 1 is 1.47 bits per heavy atom. The summed E-state index contributed by atoms with van der Waals surface area (Å²) >= 11 is 3.18. The fourth-order valence-corrected chi connectivity index (χ4v) is 1.94. The predicted molar refractivity (Wildman–Crippen MR) is 63.6 cm³/mol. The number of H-pyrrole nitrogens is 1. The second-order valence-electron chi connectivity index (χ2n) is 3.32. The minimum absolute atomic E-state index is 0.0173. The first-order chi connectivity index (χ1) is 8.04. The Bertz CT molecular complexity index is 666. The minimum atomic E-state index is -0.680. The average molecular weight is 300 g/mol. The molecule has 88 valence electrons. The molecule has 2 rings (SSSR count). The van der Waals surface area contributed by atoms with Gasteiger partial charge in [0.1, 0.15) is 11.5 Å². The van der Waals surface area contributed by atoms with Gasteiger partial charge in [-0.15, -0.1) is 0 Å². The van der Waals surface area contributed by atoms with Crippen LogP contribution >= 0.6 is 15.9 Å². The number of methoxy groups -OCH3 is 1. The molecule has 0 unspecified atom stereocenters. The van der Waals surface area contributed by atoms with Gasteiger partial charge in [0.05, 0.1) is 18.0 Å². The highest BCUT2D eigenvalue weighted by Crippen LogP contribution is 2.22. The maximum absolute atomic E-state index is 13.5.